The number of hydrogen-bond acceptors (Lipinski definition) is 5. The molecule has 0 aliphatic carbocycles. The van der Waals surface area contributed by atoms with E-state index in [-0.39, 0.29) is 19.2 Å². The molecule has 0 saturated heterocycles. The van der Waals surface area contributed by atoms with Gasteiger partial charge in [-0.2, -0.15) is 5.10 Å². The Morgan fingerprint density at radius 2 is 1.92 bits per heavy atom. The molecule has 1 aliphatic rings. The lowest BCUT2D eigenvalue weighted by atomic mass is 10.2. The zero-order valence-electron chi connectivity index (χ0n) is 13.3. The molecule has 25 heavy (non-hydrogen) atoms. The van der Waals surface area contributed by atoms with E-state index in [1.165, 1.54) is 0 Å². The average Bonchev–Trinajstić information content (AvgIpc) is 3.05. The summed E-state index contributed by atoms with van der Waals surface area (Å²) >= 11 is 6.96. The molecule has 2 N–H and O–H groups in total. The van der Waals surface area contributed by atoms with Crippen LogP contribution in [-0.4, -0.2) is 25.5 Å². The van der Waals surface area contributed by atoms with Crippen molar-refractivity contribution in [1.82, 2.24) is 5.43 Å². The van der Waals surface area contributed by atoms with Gasteiger partial charge >= 0.3 is 0 Å². The van der Waals surface area contributed by atoms with E-state index in [1.807, 2.05) is 25.1 Å². The number of carbonyl (C=O) groups is 1. The Balaban J connectivity index is 1.51. The van der Waals surface area contributed by atoms with Crippen LogP contribution in [0.3, 0.4) is 0 Å². The highest BCUT2D eigenvalue weighted by atomic mass is 79.9. The van der Waals surface area contributed by atoms with Crippen LogP contribution in [0.2, 0.25) is 0 Å². The molecule has 2 aromatic rings. The molecule has 1 aliphatic heterocycles. The topological polar surface area (TPSA) is 72.0 Å². The number of halogens is 2. The van der Waals surface area contributed by atoms with Crippen molar-refractivity contribution in [3.63, 3.8) is 0 Å². The monoisotopic (exact) mass is 467 g/mol. The van der Waals surface area contributed by atoms with Crippen LogP contribution in [0.25, 0.3) is 0 Å². The number of rotatable bonds is 5. The van der Waals surface area contributed by atoms with Crippen LogP contribution in [0.5, 0.6) is 11.5 Å². The number of hydrazone groups is 1. The molecule has 0 aromatic heterocycles. The highest BCUT2D eigenvalue weighted by Crippen LogP contribution is 2.32. The average molecular weight is 469 g/mol. The van der Waals surface area contributed by atoms with Crippen LogP contribution < -0.4 is 20.2 Å². The van der Waals surface area contributed by atoms with Gasteiger partial charge in [0.2, 0.25) is 6.79 Å². The normalized spacial score (nSPS) is 12.4. The summed E-state index contributed by atoms with van der Waals surface area (Å²) in [4.78, 5) is 11.9. The van der Waals surface area contributed by atoms with Gasteiger partial charge in [-0.15, -0.1) is 0 Å². The van der Waals surface area contributed by atoms with Crippen molar-refractivity contribution in [2.45, 2.75) is 6.92 Å². The Hall–Kier alpha value is -2.06. The minimum absolute atomic E-state index is 0.112. The van der Waals surface area contributed by atoms with Gasteiger partial charge in [-0.05, 0) is 48.4 Å². The Morgan fingerprint density at radius 1 is 1.20 bits per heavy atom. The van der Waals surface area contributed by atoms with Crippen molar-refractivity contribution in [1.29, 1.82) is 0 Å². The molecule has 2 aromatic carbocycles. The van der Waals surface area contributed by atoms with E-state index in [9.17, 15) is 4.79 Å². The van der Waals surface area contributed by atoms with E-state index in [0.717, 1.165) is 25.8 Å². The Labute approximate surface area is 161 Å². The number of anilines is 1. The van der Waals surface area contributed by atoms with Crippen molar-refractivity contribution in [3.8, 4) is 11.5 Å². The third-order valence-electron chi connectivity index (χ3n) is 3.53. The maximum atomic E-state index is 11.9. The minimum Gasteiger partial charge on any atom is -0.454 e. The lowest BCUT2D eigenvalue weighted by Crippen LogP contribution is -2.25. The fourth-order valence-electron chi connectivity index (χ4n) is 2.14. The number of nitrogens with zero attached hydrogens (tertiary/aromatic N) is 1. The quantitative estimate of drug-likeness (QED) is 0.517. The first-order chi connectivity index (χ1) is 12.0. The molecular formula is C17H15Br2N3O3. The maximum Gasteiger partial charge on any atom is 0.259 e. The standard InChI is InChI=1S/C17H15Br2N3O3/c1-10-13(18)5-12(6-14(10)19)20-8-17(23)22-21-7-11-2-3-15-16(4-11)25-9-24-15/h2-7,20H,8-9H2,1H3,(H,22,23). The van der Waals surface area contributed by atoms with Crippen LogP contribution in [0, 0.1) is 6.92 Å². The first kappa shape index (κ1) is 17.8. The summed E-state index contributed by atoms with van der Waals surface area (Å²) in [5, 5.41) is 7.00. The Kier molecular flexibility index (Phi) is 5.60. The van der Waals surface area contributed by atoms with Crippen molar-refractivity contribution < 1.29 is 14.3 Å². The molecule has 0 radical (unpaired) electrons. The summed E-state index contributed by atoms with van der Waals surface area (Å²) in [5.41, 5.74) is 5.22. The van der Waals surface area contributed by atoms with Crippen LogP contribution >= 0.6 is 31.9 Å². The number of fused-ring (bicyclic) bond motifs is 1. The van der Waals surface area contributed by atoms with Crippen molar-refractivity contribution in [2.24, 2.45) is 5.10 Å². The SMILES string of the molecule is Cc1c(Br)cc(NCC(=O)NN=Cc2ccc3c(c2)OCO3)cc1Br. The molecule has 3 rings (SSSR count). The number of benzene rings is 2. The predicted octanol–water partition coefficient (Wildman–Crippen LogP) is 3.81. The lowest BCUT2D eigenvalue weighted by Gasteiger charge is -2.09. The molecule has 6 nitrogen and oxygen atoms in total. The second-order valence-electron chi connectivity index (χ2n) is 5.32. The highest BCUT2D eigenvalue weighted by Gasteiger charge is 2.12. The summed E-state index contributed by atoms with van der Waals surface area (Å²) < 4.78 is 12.5. The molecule has 0 unspecified atom stereocenters. The molecule has 0 saturated carbocycles. The third-order valence-corrected chi connectivity index (χ3v) is 5.18. The first-order valence-corrected chi connectivity index (χ1v) is 9.02. The molecule has 1 heterocycles. The number of hydrogen-bond donors (Lipinski definition) is 2. The predicted molar refractivity (Wildman–Crippen MR) is 103 cm³/mol. The van der Waals surface area contributed by atoms with Gasteiger partial charge in [0, 0.05) is 14.6 Å². The lowest BCUT2D eigenvalue weighted by molar-refractivity contribution is -0.119. The van der Waals surface area contributed by atoms with Gasteiger partial charge in [0.1, 0.15) is 0 Å². The Bertz CT molecular complexity index is 817. The van der Waals surface area contributed by atoms with E-state index in [4.69, 9.17) is 9.47 Å². The van der Waals surface area contributed by atoms with Crippen molar-refractivity contribution >= 4 is 49.7 Å². The van der Waals surface area contributed by atoms with Gasteiger partial charge in [0.05, 0.1) is 12.8 Å². The molecule has 8 heteroatoms. The van der Waals surface area contributed by atoms with E-state index < -0.39 is 0 Å². The summed E-state index contributed by atoms with van der Waals surface area (Å²) in [6.45, 7) is 2.33. The molecule has 130 valence electrons. The van der Waals surface area contributed by atoms with E-state index in [1.54, 1.807) is 18.3 Å². The van der Waals surface area contributed by atoms with Crippen LogP contribution in [0.1, 0.15) is 11.1 Å². The zero-order valence-corrected chi connectivity index (χ0v) is 16.5. The summed E-state index contributed by atoms with van der Waals surface area (Å²) in [6, 6.07) is 9.28. The Morgan fingerprint density at radius 3 is 2.68 bits per heavy atom. The molecule has 0 fully saturated rings. The van der Waals surface area contributed by atoms with Crippen molar-refractivity contribution in [2.75, 3.05) is 18.7 Å². The van der Waals surface area contributed by atoms with Crippen LogP contribution in [-0.2, 0) is 4.79 Å². The molecule has 1 amide bonds. The summed E-state index contributed by atoms with van der Waals surface area (Å²) in [7, 11) is 0. The fourth-order valence-corrected chi connectivity index (χ4v) is 3.33. The number of amides is 1. The van der Waals surface area contributed by atoms with Gasteiger partial charge in [-0.1, -0.05) is 31.9 Å². The smallest absolute Gasteiger partial charge is 0.259 e. The van der Waals surface area contributed by atoms with Gasteiger partial charge in [0.25, 0.3) is 5.91 Å². The van der Waals surface area contributed by atoms with Gasteiger partial charge < -0.3 is 14.8 Å². The zero-order chi connectivity index (χ0) is 17.8. The molecule has 0 spiro atoms. The molecule has 0 atom stereocenters. The maximum absolute atomic E-state index is 11.9. The minimum atomic E-state index is -0.246. The van der Waals surface area contributed by atoms with Crippen LogP contribution in [0.15, 0.2) is 44.4 Å². The highest BCUT2D eigenvalue weighted by molar-refractivity contribution is 9.11. The van der Waals surface area contributed by atoms with Gasteiger partial charge in [-0.3, -0.25) is 4.79 Å². The largest absolute Gasteiger partial charge is 0.454 e. The fraction of sp³-hybridized carbons (Fsp3) is 0.176. The van der Waals surface area contributed by atoms with Crippen molar-refractivity contribution in [3.05, 3.63) is 50.4 Å². The number of ether oxygens (including phenoxy) is 2. The third kappa shape index (κ3) is 4.52. The number of carbonyl (C=O) groups excluding carboxylic acids is 1. The van der Waals surface area contributed by atoms with Crippen LogP contribution in [0.4, 0.5) is 5.69 Å². The van der Waals surface area contributed by atoms with Gasteiger partial charge in [-0.25, -0.2) is 5.43 Å². The summed E-state index contributed by atoms with van der Waals surface area (Å²) in [6.07, 6.45) is 1.55. The molecule has 0 bridgehead atoms. The summed E-state index contributed by atoms with van der Waals surface area (Å²) in [5.74, 6) is 1.14. The van der Waals surface area contributed by atoms with E-state index in [0.29, 0.717) is 11.5 Å². The first-order valence-electron chi connectivity index (χ1n) is 7.44. The number of nitrogens with one attached hydrogen (secondary N) is 2. The van der Waals surface area contributed by atoms with Gasteiger partial charge in [0.15, 0.2) is 11.5 Å². The second-order valence-corrected chi connectivity index (χ2v) is 7.03. The van der Waals surface area contributed by atoms with E-state index >= 15 is 0 Å². The second kappa shape index (κ2) is 7.88. The van der Waals surface area contributed by atoms with E-state index in [2.05, 4.69) is 47.7 Å². The molecular weight excluding hydrogens is 454 g/mol.